The highest BCUT2D eigenvalue weighted by Crippen LogP contribution is 2.34. The van der Waals surface area contributed by atoms with E-state index in [1.807, 2.05) is 30.3 Å². The summed E-state index contributed by atoms with van der Waals surface area (Å²) in [6.45, 7) is 2.13. The Morgan fingerprint density at radius 3 is 2.40 bits per heavy atom. The summed E-state index contributed by atoms with van der Waals surface area (Å²) in [5.74, 6) is 0.848. The highest BCUT2D eigenvalue weighted by Gasteiger charge is 2.34. The Kier molecular flexibility index (Phi) is 5.71. The summed E-state index contributed by atoms with van der Waals surface area (Å²) in [5.41, 5.74) is 2.23. The minimum Gasteiger partial charge on any atom is -0.497 e. The minimum absolute atomic E-state index is 0.0327. The number of amides is 1. The van der Waals surface area contributed by atoms with E-state index in [1.165, 1.54) is 5.56 Å². The van der Waals surface area contributed by atoms with Crippen molar-refractivity contribution in [2.45, 2.75) is 24.7 Å². The first-order valence-corrected chi connectivity index (χ1v) is 8.75. The maximum atomic E-state index is 12.4. The fourth-order valence-electron chi connectivity index (χ4n) is 3.38. The quantitative estimate of drug-likeness (QED) is 0.880. The van der Waals surface area contributed by atoms with Crippen LogP contribution in [0.5, 0.6) is 5.75 Å². The third-order valence-electron chi connectivity index (χ3n) is 4.98. The molecule has 4 nitrogen and oxygen atoms in total. The van der Waals surface area contributed by atoms with Gasteiger partial charge in [0.05, 0.1) is 13.5 Å². The summed E-state index contributed by atoms with van der Waals surface area (Å²) < 4.78 is 10.7. The van der Waals surface area contributed by atoms with Crippen LogP contribution in [0.2, 0.25) is 0 Å². The number of hydrogen-bond donors (Lipinski definition) is 1. The van der Waals surface area contributed by atoms with Crippen molar-refractivity contribution in [1.82, 2.24) is 5.32 Å². The third-order valence-corrected chi connectivity index (χ3v) is 4.98. The lowest BCUT2D eigenvalue weighted by molar-refractivity contribution is -0.120. The fraction of sp³-hybridized carbons (Fsp3) is 0.381. The van der Waals surface area contributed by atoms with Gasteiger partial charge in [0.2, 0.25) is 5.91 Å². The molecular formula is C21H25NO3. The Balaban J connectivity index is 1.63. The van der Waals surface area contributed by atoms with Gasteiger partial charge in [-0.1, -0.05) is 42.5 Å². The van der Waals surface area contributed by atoms with Gasteiger partial charge in [0.1, 0.15) is 5.75 Å². The Morgan fingerprint density at radius 1 is 1.08 bits per heavy atom. The summed E-state index contributed by atoms with van der Waals surface area (Å²) in [4.78, 5) is 12.4. The second-order valence-corrected chi connectivity index (χ2v) is 6.56. The van der Waals surface area contributed by atoms with Crippen LogP contribution in [-0.4, -0.2) is 32.8 Å². The average molecular weight is 339 g/mol. The number of ether oxygens (including phenoxy) is 2. The second kappa shape index (κ2) is 8.17. The van der Waals surface area contributed by atoms with E-state index >= 15 is 0 Å². The molecule has 2 aromatic rings. The van der Waals surface area contributed by atoms with Gasteiger partial charge in [-0.2, -0.15) is 0 Å². The van der Waals surface area contributed by atoms with E-state index in [1.54, 1.807) is 7.11 Å². The van der Waals surface area contributed by atoms with Gasteiger partial charge in [-0.3, -0.25) is 4.79 Å². The zero-order valence-corrected chi connectivity index (χ0v) is 14.7. The fourth-order valence-corrected chi connectivity index (χ4v) is 3.38. The van der Waals surface area contributed by atoms with E-state index in [-0.39, 0.29) is 11.3 Å². The van der Waals surface area contributed by atoms with Gasteiger partial charge in [-0.15, -0.1) is 0 Å². The lowest BCUT2D eigenvalue weighted by Gasteiger charge is -2.38. The number of rotatable bonds is 6. The van der Waals surface area contributed by atoms with Gasteiger partial charge in [0, 0.05) is 25.2 Å². The van der Waals surface area contributed by atoms with Crippen LogP contribution in [0.3, 0.4) is 0 Å². The van der Waals surface area contributed by atoms with Crippen LogP contribution in [0.25, 0.3) is 0 Å². The van der Waals surface area contributed by atoms with E-state index < -0.39 is 0 Å². The molecule has 0 aliphatic carbocycles. The van der Waals surface area contributed by atoms with Crippen LogP contribution < -0.4 is 10.1 Å². The van der Waals surface area contributed by atoms with Gasteiger partial charge in [0.15, 0.2) is 0 Å². The molecule has 0 saturated carbocycles. The average Bonchev–Trinajstić information content (AvgIpc) is 2.68. The zero-order valence-electron chi connectivity index (χ0n) is 14.7. The highest BCUT2D eigenvalue weighted by molar-refractivity contribution is 5.78. The summed E-state index contributed by atoms with van der Waals surface area (Å²) in [7, 11) is 1.64. The first-order chi connectivity index (χ1) is 12.2. The standard InChI is InChI=1S/C21H25NO3/c1-24-19-9-7-17(8-10-19)15-20(23)22-16-21(11-13-25-14-12-21)18-5-3-2-4-6-18/h2-10H,11-16H2,1H3,(H,22,23). The van der Waals surface area contributed by atoms with Crippen LogP contribution in [0, 0.1) is 0 Å². The van der Waals surface area contributed by atoms with E-state index in [9.17, 15) is 4.79 Å². The van der Waals surface area contributed by atoms with Gasteiger partial charge < -0.3 is 14.8 Å². The SMILES string of the molecule is COc1ccc(CC(=O)NCC2(c3ccccc3)CCOCC2)cc1. The Hall–Kier alpha value is -2.33. The lowest BCUT2D eigenvalue weighted by atomic mass is 9.74. The van der Waals surface area contributed by atoms with Crippen LogP contribution >= 0.6 is 0 Å². The van der Waals surface area contributed by atoms with Crippen LogP contribution in [0.1, 0.15) is 24.0 Å². The number of hydrogen-bond acceptors (Lipinski definition) is 3. The monoisotopic (exact) mass is 339 g/mol. The molecule has 25 heavy (non-hydrogen) atoms. The number of carbonyl (C=O) groups excluding carboxylic acids is 1. The second-order valence-electron chi connectivity index (χ2n) is 6.56. The van der Waals surface area contributed by atoms with Crippen LogP contribution in [0.15, 0.2) is 54.6 Å². The molecule has 0 spiro atoms. The van der Waals surface area contributed by atoms with E-state index in [0.29, 0.717) is 13.0 Å². The van der Waals surface area contributed by atoms with E-state index in [0.717, 1.165) is 37.4 Å². The van der Waals surface area contributed by atoms with Crippen LogP contribution in [0.4, 0.5) is 0 Å². The van der Waals surface area contributed by atoms with E-state index in [2.05, 4.69) is 29.6 Å². The molecule has 1 fully saturated rings. The number of methoxy groups -OCH3 is 1. The van der Waals surface area contributed by atoms with Crippen molar-refractivity contribution < 1.29 is 14.3 Å². The Bertz CT molecular complexity index is 676. The molecule has 1 aliphatic rings. The summed E-state index contributed by atoms with van der Waals surface area (Å²) in [6.07, 6.45) is 2.24. The van der Waals surface area contributed by atoms with Crippen molar-refractivity contribution in [2.75, 3.05) is 26.9 Å². The molecule has 1 aliphatic heterocycles. The highest BCUT2D eigenvalue weighted by atomic mass is 16.5. The minimum atomic E-state index is -0.0327. The molecular weight excluding hydrogens is 314 g/mol. The molecule has 1 saturated heterocycles. The van der Waals surface area contributed by atoms with Crippen molar-refractivity contribution >= 4 is 5.91 Å². The molecule has 3 rings (SSSR count). The predicted molar refractivity (Wildman–Crippen MR) is 97.9 cm³/mol. The molecule has 0 radical (unpaired) electrons. The van der Waals surface area contributed by atoms with Gasteiger partial charge >= 0.3 is 0 Å². The molecule has 4 heteroatoms. The van der Waals surface area contributed by atoms with Crippen molar-refractivity contribution in [3.63, 3.8) is 0 Å². The van der Waals surface area contributed by atoms with Crippen molar-refractivity contribution in [2.24, 2.45) is 0 Å². The summed E-state index contributed by atoms with van der Waals surface area (Å²) >= 11 is 0. The van der Waals surface area contributed by atoms with E-state index in [4.69, 9.17) is 9.47 Å². The summed E-state index contributed by atoms with van der Waals surface area (Å²) in [6, 6.07) is 18.1. The number of carbonyl (C=O) groups is 1. The first-order valence-electron chi connectivity index (χ1n) is 8.75. The maximum absolute atomic E-state index is 12.4. The lowest BCUT2D eigenvalue weighted by Crippen LogP contribution is -2.45. The van der Waals surface area contributed by atoms with Gasteiger partial charge in [-0.25, -0.2) is 0 Å². The molecule has 1 heterocycles. The molecule has 1 N–H and O–H groups in total. The molecule has 2 aromatic carbocycles. The number of nitrogens with one attached hydrogen (secondary N) is 1. The normalized spacial score (nSPS) is 16.2. The molecule has 0 atom stereocenters. The predicted octanol–water partition coefficient (Wildman–Crippen LogP) is 3.10. The molecule has 1 amide bonds. The molecule has 132 valence electrons. The van der Waals surface area contributed by atoms with Gasteiger partial charge in [-0.05, 0) is 36.1 Å². The third kappa shape index (κ3) is 4.40. The maximum Gasteiger partial charge on any atom is 0.224 e. The van der Waals surface area contributed by atoms with Crippen molar-refractivity contribution in [3.05, 3.63) is 65.7 Å². The molecule has 0 bridgehead atoms. The van der Waals surface area contributed by atoms with Gasteiger partial charge in [0.25, 0.3) is 0 Å². The Morgan fingerprint density at radius 2 is 1.76 bits per heavy atom. The Labute approximate surface area is 149 Å². The zero-order chi connectivity index (χ0) is 17.5. The summed E-state index contributed by atoms with van der Waals surface area (Å²) in [5, 5.41) is 3.14. The first kappa shape index (κ1) is 17.5. The smallest absolute Gasteiger partial charge is 0.224 e. The van der Waals surface area contributed by atoms with Crippen LogP contribution in [-0.2, 0) is 21.4 Å². The molecule has 0 unspecified atom stereocenters. The largest absolute Gasteiger partial charge is 0.497 e. The molecule has 0 aromatic heterocycles. The topological polar surface area (TPSA) is 47.6 Å². The number of benzene rings is 2. The van der Waals surface area contributed by atoms with Crippen molar-refractivity contribution in [3.8, 4) is 5.75 Å². The van der Waals surface area contributed by atoms with Crippen molar-refractivity contribution in [1.29, 1.82) is 0 Å².